The van der Waals surface area contributed by atoms with Gasteiger partial charge in [0.2, 0.25) is 8.96 Å². The molecule has 3 nitrogen and oxygen atoms in total. The average molecular weight is 272 g/mol. The number of ether oxygens (including phenoxy) is 1. The summed E-state index contributed by atoms with van der Waals surface area (Å²) in [7, 11) is -0.850. The van der Waals surface area contributed by atoms with E-state index in [2.05, 4.69) is 35.4 Å². The zero-order valence-electron chi connectivity index (χ0n) is 11.3. The van der Waals surface area contributed by atoms with Gasteiger partial charge in [-0.15, -0.1) is 0 Å². The van der Waals surface area contributed by atoms with Gasteiger partial charge in [0.1, 0.15) is 0 Å². The lowest BCUT2D eigenvalue weighted by Crippen LogP contribution is -2.44. The molecule has 0 aliphatic carbocycles. The summed E-state index contributed by atoms with van der Waals surface area (Å²) in [5.74, 6) is -0.244. The van der Waals surface area contributed by atoms with Gasteiger partial charge in [-0.25, -0.2) is 4.79 Å². The summed E-state index contributed by atoms with van der Waals surface area (Å²) in [6, 6.07) is 10.4. The molecule has 0 amide bonds. The summed E-state index contributed by atoms with van der Waals surface area (Å²) < 4.78 is 7.28. The van der Waals surface area contributed by atoms with E-state index in [9.17, 15) is 4.79 Å². The second kappa shape index (κ2) is 6.38. The summed E-state index contributed by atoms with van der Waals surface area (Å²) in [4.78, 5) is 11.7. The van der Waals surface area contributed by atoms with Gasteiger partial charge in [-0.05, 0) is 24.7 Å². The minimum absolute atomic E-state index is 0.244. The Morgan fingerprint density at radius 3 is 2.79 bits per heavy atom. The van der Waals surface area contributed by atoms with E-state index in [1.54, 1.807) is 0 Å². The molecule has 19 heavy (non-hydrogen) atoms. The predicted molar refractivity (Wildman–Crippen MR) is 78.3 cm³/mol. The Labute approximate surface area is 115 Å². The van der Waals surface area contributed by atoms with Gasteiger partial charge in [-0.1, -0.05) is 36.4 Å². The first-order valence-corrected chi connectivity index (χ1v) is 8.38. The molecule has 0 bridgehead atoms. The lowest BCUT2D eigenvalue weighted by Gasteiger charge is -2.28. The molecule has 1 heterocycles. The van der Waals surface area contributed by atoms with Gasteiger partial charge in [-0.2, -0.15) is 0 Å². The van der Waals surface area contributed by atoms with Crippen LogP contribution in [-0.2, 0) is 9.53 Å². The molecule has 1 aliphatic rings. The van der Waals surface area contributed by atoms with Crippen molar-refractivity contribution in [3.05, 3.63) is 54.3 Å². The topological polar surface area (TPSA) is 29.5 Å². The highest BCUT2D eigenvalue weighted by molar-refractivity contribution is 6.69. The molecule has 2 rings (SSSR count). The Morgan fingerprint density at radius 2 is 2.11 bits per heavy atom. The fraction of sp³-hybridized carbons (Fsp3) is 0.267. The predicted octanol–water partition coefficient (Wildman–Crippen LogP) is 1.83. The quantitative estimate of drug-likeness (QED) is 0.619. The Balaban J connectivity index is 2.13. The van der Waals surface area contributed by atoms with Crippen molar-refractivity contribution in [2.24, 2.45) is 0 Å². The SMILES string of the molecule is CCOC(=O)C1=CN([Si](C)c2ccccc2)CC=C1. The highest BCUT2D eigenvalue weighted by atomic mass is 28.3. The fourth-order valence-corrected chi connectivity index (χ4v) is 3.69. The lowest BCUT2D eigenvalue weighted by atomic mass is 10.2. The third kappa shape index (κ3) is 3.35. The normalized spacial score (nSPS) is 14.5. The van der Waals surface area contributed by atoms with Crippen molar-refractivity contribution in [1.82, 2.24) is 4.57 Å². The number of esters is 1. The van der Waals surface area contributed by atoms with E-state index in [4.69, 9.17) is 4.74 Å². The number of carbonyl (C=O) groups is 1. The van der Waals surface area contributed by atoms with Crippen LogP contribution < -0.4 is 5.19 Å². The second-order valence-electron chi connectivity index (χ2n) is 4.31. The molecular weight excluding hydrogens is 254 g/mol. The first kappa shape index (κ1) is 13.6. The van der Waals surface area contributed by atoms with Crippen LogP contribution in [0, 0.1) is 0 Å². The van der Waals surface area contributed by atoms with Crippen LogP contribution in [0.4, 0.5) is 0 Å². The minimum atomic E-state index is -0.850. The van der Waals surface area contributed by atoms with E-state index in [0.717, 1.165) is 6.54 Å². The van der Waals surface area contributed by atoms with Crippen LogP contribution in [0.2, 0.25) is 6.55 Å². The van der Waals surface area contributed by atoms with Crippen molar-refractivity contribution in [3.63, 3.8) is 0 Å². The molecule has 0 N–H and O–H groups in total. The number of nitrogens with zero attached hydrogens (tertiary/aromatic N) is 1. The number of hydrogen-bond acceptors (Lipinski definition) is 3. The monoisotopic (exact) mass is 272 g/mol. The van der Waals surface area contributed by atoms with Crippen molar-refractivity contribution >= 4 is 20.1 Å². The second-order valence-corrected chi connectivity index (χ2v) is 6.63. The van der Waals surface area contributed by atoms with Gasteiger partial charge in [0.05, 0.1) is 12.2 Å². The van der Waals surface area contributed by atoms with Gasteiger partial charge in [0.15, 0.2) is 0 Å². The van der Waals surface area contributed by atoms with Crippen molar-refractivity contribution < 1.29 is 9.53 Å². The summed E-state index contributed by atoms with van der Waals surface area (Å²) in [5.41, 5.74) is 0.633. The first-order valence-electron chi connectivity index (χ1n) is 6.43. The Hall–Kier alpha value is -1.81. The van der Waals surface area contributed by atoms with Crippen molar-refractivity contribution in [2.45, 2.75) is 13.5 Å². The van der Waals surface area contributed by atoms with Gasteiger partial charge in [0, 0.05) is 12.7 Å². The van der Waals surface area contributed by atoms with E-state index in [0.29, 0.717) is 12.2 Å². The molecule has 1 aromatic rings. The molecule has 0 spiro atoms. The molecule has 4 heteroatoms. The molecule has 0 unspecified atom stereocenters. The summed E-state index contributed by atoms with van der Waals surface area (Å²) in [5, 5.41) is 1.34. The molecule has 1 aliphatic heterocycles. The zero-order valence-corrected chi connectivity index (χ0v) is 12.3. The maximum absolute atomic E-state index is 11.7. The van der Waals surface area contributed by atoms with Crippen LogP contribution in [0.15, 0.2) is 54.3 Å². The van der Waals surface area contributed by atoms with Crippen LogP contribution in [0.1, 0.15) is 6.92 Å². The number of carbonyl (C=O) groups excluding carboxylic acids is 1. The highest BCUT2D eigenvalue weighted by Crippen LogP contribution is 2.11. The summed E-state index contributed by atoms with van der Waals surface area (Å²) in [6.45, 7) is 5.31. The molecule has 0 atom stereocenters. The summed E-state index contributed by atoms with van der Waals surface area (Å²) in [6.07, 6.45) is 5.79. The molecule has 1 radical (unpaired) electrons. The van der Waals surface area contributed by atoms with Crippen molar-refractivity contribution in [1.29, 1.82) is 0 Å². The average Bonchev–Trinajstić information content (AvgIpc) is 2.48. The van der Waals surface area contributed by atoms with E-state index in [1.165, 1.54) is 5.19 Å². The van der Waals surface area contributed by atoms with Crippen molar-refractivity contribution in [3.8, 4) is 0 Å². The zero-order chi connectivity index (χ0) is 13.7. The van der Waals surface area contributed by atoms with E-state index < -0.39 is 8.96 Å². The molecule has 1 aromatic carbocycles. The van der Waals surface area contributed by atoms with Gasteiger partial charge in [0.25, 0.3) is 0 Å². The van der Waals surface area contributed by atoms with E-state index in [1.807, 2.05) is 31.3 Å². The number of rotatable bonds is 4. The standard InChI is InChI=1S/C15H18NO2Si/c1-3-18-15(17)13-8-7-11-16(12-13)19(2)14-9-5-4-6-10-14/h4-10,12H,3,11H2,1-2H3. The molecule has 0 aromatic heterocycles. The number of benzene rings is 1. The maximum Gasteiger partial charge on any atom is 0.339 e. The number of hydrogen-bond donors (Lipinski definition) is 0. The van der Waals surface area contributed by atoms with Crippen LogP contribution in [0.5, 0.6) is 0 Å². The van der Waals surface area contributed by atoms with Crippen molar-refractivity contribution in [2.75, 3.05) is 13.2 Å². The van der Waals surface area contributed by atoms with Gasteiger partial charge in [-0.3, -0.25) is 0 Å². The molecule has 0 saturated heterocycles. The van der Waals surface area contributed by atoms with Crippen LogP contribution in [0.3, 0.4) is 0 Å². The van der Waals surface area contributed by atoms with Gasteiger partial charge < -0.3 is 9.30 Å². The molecule has 99 valence electrons. The maximum atomic E-state index is 11.7. The third-order valence-electron chi connectivity index (χ3n) is 3.03. The fourth-order valence-electron chi connectivity index (χ4n) is 1.97. The first-order chi connectivity index (χ1) is 9.22. The Morgan fingerprint density at radius 1 is 1.37 bits per heavy atom. The summed E-state index contributed by atoms with van der Waals surface area (Å²) >= 11 is 0. The van der Waals surface area contributed by atoms with E-state index in [-0.39, 0.29) is 5.97 Å². The molecule has 0 fully saturated rings. The van der Waals surface area contributed by atoms with Gasteiger partial charge >= 0.3 is 5.97 Å². The lowest BCUT2D eigenvalue weighted by molar-refractivity contribution is -0.138. The molecular formula is C15H18NO2Si. The third-order valence-corrected chi connectivity index (χ3v) is 5.37. The Bertz CT molecular complexity index is 496. The van der Waals surface area contributed by atoms with Crippen LogP contribution in [0.25, 0.3) is 0 Å². The smallest absolute Gasteiger partial charge is 0.339 e. The molecule has 0 saturated carbocycles. The van der Waals surface area contributed by atoms with E-state index >= 15 is 0 Å². The Kier molecular flexibility index (Phi) is 4.57. The highest BCUT2D eigenvalue weighted by Gasteiger charge is 2.19. The van der Waals surface area contributed by atoms with Crippen LogP contribution in [-0.4, -0.2) is 32.6 Å². The minimum Gasteiger partial charge on any atom is -0.462 e. The van der Waals surface area contributed by atoms with Crippen LogP contribution >= 0.6 is 0 Å². The largest absolute Gasteiger partial charge is 0.462 e.